The van der Waals surface area contributed by atoms with Crippen molar-refractivity contribution < 1.29 is 9.53 Å². The lowest BCUT2D eigenvalue weighted by Crippen LogP contribution is -2.18. The van der Waals surface area contributed by atoms with E-state index < -0.39 is 5.92 Å². The minimum atomic E-state index is -0.502. The van der Waals surface area contributed by atoms with Crippen LogP contribution >= 0.6 is 0 Å². The van der Waals surface area contributed by atoms with Gasteiger partial charge in [-0.05, 0) is 31.0 Å². The average molecular weight is 297 g/mol. The summed E-state index contributed by atoms with van der Waals surface area (Å²) >= 11 is 0. The van der Waals surface area contributed by atoms with Gasteiger partial charge in [0.2, 0.25) is 5.56 Å². The maximum Gasteiger partial charge on any atom is 0.314 e. The lowest BCUT2D eigenvalue weighted by Gasteiger charge is -2.11. The van der Waals surface area contributed by atoms with Crippen LogP contribution in [0.5, 0.6) is 0 Å². The highest BCUT2D eigenvalue weighted by Crippen LogP contribution is 2.16. The number of ether oxygens (including phenoxy) is 1. The van der Waals surface area contributed by atoms with E-state index in [1.54, 1.807) is 19.9 Å². The molecule has 1 N–H and O–H groups in total. The predicted octanol–water partition coefficient (Wildman–Crippen LogP) is 3.21. The molecule has 1 atom stereocenters. The molecule has 22 heavy (non-hydrogen) atoms. The average Bonchev–Trinajstić information content (AvgIpc) is 2.53. The molecular weight excluding hydrogens is 278 g/mol. The molecule has 114 valence electrons. The Hall–Kier alpha value is -2.62. The second-order valence-corrected chi connectivity index (χ2v) is 4.95. The number of rotatable bonds is 5. The Morgan fingerprint density at radius 1 is 1.18 bits per heavy atom. The Morgan fingerprint density at radius 2 is 1.86 bits per heavy atom. The first-order valence-electron chi connectivity index (χ1n) is 7.24. The van der Waals surface area contributed by atoms with Gasteiger partial charge in [-0.15, -0.1) is 0 Å². The molecule has 2 aromatic rings. The minimum absolute atomic E-state index is 0.235. The van der Waals surface area contributed by atoms with Gasteiger partial charge >= 0.3 is 5.97 Å². The molecule has 0 aliphatic heterocycles. The Balaban J connectivity index is 2.25. The van der Waals surface area contributed by atoms with Gasteiger partial charge in [0.15, 0.2) is 0 Å². The fourth-order valence-electron chi connectivity index (χ4n) is 2.07. The number of aromatic amines is 1. The van der Waals surface area contributed by atoms with Crippen molar-refractivity contribution in [1.29, 1.82) is 0 Å². The number of H-pyrrole nitrogens is 1. The fourth-order valence-corrected chi connectivity index (χ4v) is 2.07. The number of hydrogen-bond acceptors (Lipinski definition) is 3. The number of benzene rings is 1. The van der Waals surface area contributed by atoms with Crippen LogP contribution in [-0.4, -0.2) is 17.6 Å². The third-order valence-electron chi connectivity index (χ3n) is 3.26. The van der Waals surface area contributed by atoms with E-state index in [0.717, 1.165) is 11.1 Å². The van der Waals surface area contributed by atoms with Gasteiger partial charge in [-0.25, -0.2) is 0 Å². The van der Waals surface area contributed by atoms with Gasteiger partial charge in [0.05, 0.1) is 12.5 Å². The summed E-state index contributed by atoms with van der Waals surface area (Å²) in [5.74, 6) is -0.847. The number of aromatic nitrogens is 1. The molecule has 1 aromatic carbocycles. The third-order valence-corrected chi connectivity index (χ3v) is 3.26. The quantitative estimate of drug-likeness (QED) is 0.862. The van der Waals surface area contributed by atoms with Gasteiger partial charge in [-0.3, -0.25) is 9.59 Å². The van der Waals surface area contributed by atoms with Crippen molar-refractivity contribution in [3.05, 3.63) is 69.6 Å². The maximum atomic E-state index is 11.8. The normalized spacial score (nSPS) is 12.3. The van der Waals surface area contributed by atoms with Crippen LogP contribution in [0.1, 0.15) is 36.6 Å². The molecular formula is C18H19NO3. The molecule has 4 heteroatoms. The zero-order valence-electron chi connectivity index (χ0n) is 12.7. The van der Waals surface area contributed by atoms with E-state index in [1.165, 1.54) is 6.07 Å². The van der Waals surface area contributed by atoms with Crippen LogP contribution in [0.4, 0.5) is 0 Å². The molecule has 0 bridgehead atoms. The smallest absolute Gasteiger partial charge is 0.314 e. The molecule has 0 fully saturated rings. The summed E-state index contributed by atoms with van der Waals surface area (Å²) in [5, 5.41) is 0. The summed E-state index contributed by atoms with van der Waals surface area (Å²) in [6, 6.07) is 13.1. The van der Waals surface area contributed by atoms with Crippen LogP contribution in [0.25, 0.3) is 12.2 Å². The van der Waals surface area contributed by atoms with E-state index in [0.29, 0.717) is 12.3 Å². The number of hydrogen-bond donors (Lipinski definition) is 1. The summed E-state index contributed by atoms with van der Waals surface area (Å²) in [7, 11) is 0. The minimum Gasteiger partial charge on any atom is -0.465 e. The molecule has 0 spiro atoms. The Kier molecular flexibility index (Phi) is 5.31. The van der Waals surface area contributed by atoms with Crippen LogP contribution in [0.2, 0.25) is 0 Å². The molecule has 0 aliphatic rings. The highest BCUT2D eigenvalue weighted by atomic mass is 16.5. The monoisotopic (exact) mass is 297 g/mol. The Labute approximate surface area is 129 Å². The topological polar surface area (TPSA) is 59.2 Å². The molecule has 0 aliphatic carbocycles. The molecule has 0 amide bonds. The molecule has 1 aromatic heterocycles. The standard InChI is InChI=1S/C18H19NO3/c1-3-22-18(21)13(2)16-11-15(12-17(20)19-16)10-9-14-7-5-4-6-8-14/h4-13H,3H2,1-2H3,(H,19,20)/b10-9-. The van der Waals surface area contributed by atoms with Gasteiger partial charge in [0.25, 0.3) is 0 Å². The van der Waals surface area contributed by atoms with Gasteiger partial charge in [-0.1, -0.05) is 42.5 Å². The number of carbonyl (C=O) groups excluding carboxylic acids is 1. The van der Waals surface area contributed by atoms with Gasteiger partial charge < -0.3 is 9.72 Å². The Bertz CT molecular complexity index is 717. The number of esters is 1. The van der Waals surface area contributed by atoms with Crippen LogP contribution < -0.4 is 5.56 Å². The van der Waals surface area contributed by atoms with Gasteiger partial charge in [0, 0.05) is 11.8 Å². The molecule has 0 saturated heterocycles. The number of carbonyl (C=O) groups is 1. The summed E-state index contributed by atoms with van der Waals surface area (Å²) in [6.45, 7) is 3.79. The van der Waals surface area contributed by atoms with Gasteiger partial charge in [-0.2, -0.15) is 0 Å². The molecule has 0 radical (unpaired) electrons. The van der Waals surface area contributed by atoms with Crippen molar-refractivity contribution in [1.82, 2.24) is 4.98 Å². The van der Waals surface area contributed by atoms with Crippen molar-refractivity contribution >= 4 is 18.1 Å². The third kappa shape index (κ3) is 4.19. The molecule has 0 saturated carbocycles. The lowest BCUT2D eigenvalue weighted by molar-refractivity contribution is -0.144. The number of pyridine rings is 1. The van der Waals surface area contributed by atoms with Crippen molar-refractivity contribution in [2.75, 3.05) is 6.61 Å². The van der Waals surface area contributed by atoms with Crippen molar-refractivity contribution in [3.63, 3.8) is 0 Å². The van der Waals surface area contributed by atoms with Crippen LogP contribution in [0, 0.1) is 0 Å². The van der Waals surface area contributed by atoms with Crippen LogP contribution in [0.15, 0.2) is 47.3 Å². The SMILES string of the molecule is CCOC(=O)C(C)c1cc(/C=C\c2ccccc2)cc(=O)[nH]1. The molecule has 1 heterocycles. The first-order valence-corrected chi connectivity index (χ1v) is 7.24. The highest BCUT2D eigenvalue weighted by Gasteiger charge is 2.17. The lowest BCUT2D eigenvalue weighted by atomic mass is 10.0. The van der Waals surface area contributed by atoms with E-state index in [4.69, 9.17) is 4.74 Å². The summed E-state index contributed by atoms with van der Waals surface area (Å²) < 4.78 is 4.99. The Morgan fingerprint density at radius 3 is 2.55 bits per heavy atom. The second-order valence-electron chi connectivity index (χ2n) is 4.95. The fraction of sp³-hybridized carbons (Fsp3) is 0.222. The van der Waals surface area contributed by atoms with Crippen molar-refractivity contribution in [3.8, 4) is 0 Å². The van der Waals surface area contributed by atoms with E-state index in [9.17, 15) is 9.59 Å². The summed E-state index contributed by atoms with van der Waals surface area (Å²) in [6.07, 6.45) is 3.78. The van der Waals surface area contributed by atoms with Crippen LogP contribution in [0.3, 0.4) is 0 Å². The van der Waals surface area contributed by atoms with E-state index in [2.05, 4.69) is 4.98 Å². The van der Waals surface area contributed by atoms with Crippen molar-refractivity contribution in [2.24, 2.45) is 0 Å². The first-order chi connectivity index (χ1) is 10.6. The van der Waals surface area contributed by atoms with Crippen LogP contribution in [-0.2, 0) is 9.53 Å². The maximum absolute atomic E-state index is 11.8. The van der Waals surface area contributed by atoms with Gasteiger partial charge in [0.1, 0.15) is 0 Å². The zero-order chi connectivity index (χ0) is 15.9. The predicted molar refractivity (Wildman–Crippen MR) is 87.5 cm³/mol. The largest absolute Gasteiger partial charge is 0.465 e. The number of nitrogens with one attached hydrogen (secondary N) is 1. The highest BCUT2D eigenvalue weighted by molar-refractivity contribution is 5.77. The summed E-state index contributed by atoms with van der Waals surface area (Å²) in [4.78, 5) is 26.2. The zero-order valence-corrected chi connectivity index (χ0v) is 12.7. The first kappa shape index (κ1) is 15.8. The molecule has 1 unspecified atom stereocenters. The van der Waals surface area contributed by atoms with E-state index in [-0.39, 0.29) is 11.5 Å². The van der Waals surface area contributed by atoms with E-state index in [1.807, 2.05) is 42.5 Å². The second kappa shape index (κ2) is 7.41. The molecule has 2 rings (SSSR count). The van der Waals surface area contributed by atoms with E-state index >= 15 is 0 Å². The van der Waals surface area contributed by atoms with Crippen molar-refractivity contribution in [2.45, 2.75) is 19.8 Å². The summed E-state index contributed by atoms with van der Waals surface area (Å²) in [5.41, 5.74) is 2.11. The molecule has 4 nitrogen and oxygen atoms in total.